The van der Waals surface area contributed by atoms with E-state index >= 15 is 0 Å². The van der Waals surface area contributed by atoms with E-state index < -0.39 is 22.0 Å². The molecule has 150 valence electrons. The Labute approximate surface area is 173 Å². The van der Waals surface area contributed by atoms with Crippen LogP contribution in [0.15, 0.2) is 72.8 Å². The topological polar surface area (TPSA) is 55.4 Å². The van der Waals surface area contributed by atoms with Crippen LogP contribution in [-0.2, 0) is 0 Å². The van der Waals surface area contributed by atoms with Gasteiger partial charge in [-0.1, -0.05) is 36.4 Å². The summed E-state index contributed by atoms with van der Waals surface area (Å²) in [7, 11) is -8.07. The van der Waals surface area contributed by atoms with Crippen molar-refractivity contribution in [2.75, 3.05) is 0 Å². The molecule has 0 aromatic heterocycles. The van der Waals surface area contributed by atoms with E-state index in [1.54, 1.807) is 0 Å². The summed E-state index contributed by atoms with van der Waals surface area (Å²) in [6, 6.07) is 22.9. The van der Waals surface area contributed by atoms with Crippen LogP contribution < -0.4 is 27.1 Å². The second-order valence-electron chi connectivity index (χ2n) is 7.17. The van der Waals surface area contributed by atoms with Crippen LogP contribution in [-0.4, -0.2) is 16.6 Å². The Morgan fingerprint density at radius 2 is 0.533 bits per heavy atom. The van der Waals surface area contributed by atoms with Gasteiger partial charge < -0.3 is 27.1 Å². The summed E-state index contributed by atoms with van der Waals surface area (Å²) in [6.45, 7) is 0. The first kappa shape index (κ1) is 17.1. The lowest BCUT2D eigenvalue weighted by molar-refractivity contribution is 0.573. The fourth-order valence-corrected chi connectivity index (χ4v) is 16.7. The van der Waals surface area contributed by atoms with Gasteiger partial charge in [-0.25, -0.2) is 0 Å². The van der Waals surface area contributed by atoms with Gasteiger partial charge in [-0.05, 0) is 36.4 Å². The zero-order chi connectivity index (χ0) is 19.8. The molecule has 0 aliphatic carbocycles. The molecule has 4 heterocycles. The van der Waals surface area contributed by atoms with Crippen LogP contribution in [0.4, 0.5) is 0 Å². The van der Waals surface area contributed by atoms with Crippen LogP contribution >= 0.6 is 22.0 Å². The maximum atomic E-state index is 6.40. The molecular weight excluding hydrogens is 441 g/mol. The van der Waals surface area contributed by atoms with E-state index in [1.807, 2.05) is 89.4 Å². The molecule has 6 nitrogen and oxygen atoms in total. The van der Waals surface area contributed by atoms with E-state index in [1.165, 1.54) is 0 Å². The predicted molar refractivity (Wildman–Crippen MR) is 122 cm³/mol. The van der Waals surface area contributed by atoms with E-state index in [0.29, 0.717) is 34.5 Å². The summed E-state index contributed by atoms with van der Waals surface area (Å²) >= 11 is 0. The van der Waals surface area contributed by atoms with Gasteiger partial charge >= 0.3 is 0 Å². The summed E-state index contributed by atoms with van der Waals surface area (Å²) in [5.74, 6) is 4.19. The van der Waals surface area contributed by atoms with E-state index in [9.17, 15) is 0 Å². The first-order chi connectivity index (χ1) is 14.6. The van der Waals surface area contributed by atoms with Gasteiger partial charge in [0.05, 0.1) is 16.6 Å². The zero-order valence-electron chi connectivity index (χ0n) is 15.5. The maximum absolute atomic E-state index is 6.40. The molecule has 9 heteroatoms. The van der Waals surface area contributed by atoms with Crippen molar-refractivity contribution in [1.29, 1.82) is 0 Å². The van der Waals surface area contributed by atoms with Crippen LogP contribution in [0, 0.1) is 0 Å². The van der Waals surface area contributed by atoms with Crippen molar-refractivity contribution in [3.8, 4) is 34.5 Å². The third kappa shape index (κ3) is 2.45. The minimum Gasteiger partial charge on any atom is -0.436 e. The Hall–Kier alpha value is -2.64. The van der Waals surface area contributed by atoms with Crippen LogP contribution in [0.1, 0.15) is 0 Å². The Kier molecular flexibility index (Phi) is 3.27. The largest absolute Gasteiger partial charge is 0.436 e. The molecule has 0 unspecified atom stereocenters. The molecule has 0 amide bonds. The average molecular weight is 456 g/mol. The normalized spacial score (nSPS) is 21.2. The van der Waals surface area contributed by atoms with Gasteiger partial charge in [0, 0.05) is 0 Å². The highest BCUT2D eigenvalue weighted by atomic mass is 31.3. The van der Waals surface area contributed by atoms with Crippen LogP contribution in [0.2, 0.25) is 0 Å². The highest BCUT2D eigenvalue weighted by molar-refractivity contribution is 8.15. The zero-order valence-corrected chi connectivity index (χ0v) is 18.1. The molecule has 3 aromatic carbocycles. The highest BCUT2D eigenvalue weighted by Crippen LogP contribution is 2.75. The first-order valence-corrected chi connectivity index (χ1v) is 14.6. The van der Waals surface area contributed by atoms with E-state index in [-0.39, 0.29) is 0 Å². The molecule has 30 heavy (non-hydrogen) atoms. The predicted octanol–water partition coefficient (Wildman–Crippen LogP) is 6.24. The van der Waals surface area contributed by atoms with Crippen molar-refractivity contribution in [3.05, 3.63) is 72.8 Å². The lowest BCUT2D eigenvalue weighted by atomic mass is 10.3. The van der Waals surface area contributed by atoms with Gasteiger partial charge in [-0.15, -0.1) is 0 Å². The smallest absolute Gasteiger partial charge is 0.259 e. The Morgan fingerprint density at radius 3 is 0.733 bits per heavy atom. The molecule has 0 bridgehead atoms. The molecule has 0 radical (unpaired) electrons. The first-order valence-electron chi connectivity index (χ1n) is 9.35. The van der Waals surface area contributed by atoms with Crippen LogP contribution in [0.5, 0.6) is 34.5 Å². The maximum Gasteiger partial charge on any atom is 0.259 e. The number of benzene rings is 3. The second kappa shape index (κ2) is 5.74. The van der Waals surface area contributed by atoms with E-state index in [4.69, 9.17) is 27.1 Å². The monoisotopic (exact) mass is 456 g/mol. The third-order valence-electron chi connectivity index (χ3n) is 4.96. The minimum absolute atomic E-state index is 0.699. The molecule has 7 rings (SSSR count). The number of hydrogen-bond acceptors (Lipinski definition) is 6. The molecule has 3 spiro atoms. The number of hydrogen-bond donors (Lipinski definition) is 0. The summed E-state index contributed by atoms with van der Waals surface area (Å²) in [5.41, 5.74) is 5.96. The molecule has 0 saturated heterocycles. The second-order valence-corrected chi connectivity index (χ2v) is 14.9. The molecular formula is C21H15O6P3. The van der Waals surface area contributed by atoms with Gasteiger partial charge in [0.25, 0.3) is 22.0 Å². The fourth-order valence-electron chi connectivity index (χ4n) is 3.83. The van der Waals surface area contributed by atoms with Gasteiger partial charge in [-0.2, -0.15) is 0 Å². The van der Waals surface area contributed by atoms with Crippen molar-refractivity contribution in [2.45, 2.75) is 0 Å². The van der Waals surface area contributed by atoms with Gasteiger partial charge in [-0.3, -0.25) is 0 Å². The summed E-state index contributed by atoms with van der Waals surface area (Å²) in [4.78, 5) is 0. The van der Waals surface area contributed by atoms with Crippen molar-refractivity contribution < 1.29 is 27.1 Å². The van der Waals surface area contributed by atoms with Gasteiger partial charge in [0.2, 0.25) is 0 Å². The van der Waals surface area contributed by atoms with Crippen molar-refractivity contribution in [1.82, 2.24) is 0 Å². The van der Waals surface area contributed by atoms with Crippen LogP contribution in [0.3, 0.4) is 0 Å². The standard InChI is InChI=1S/C21H15O6P3/c1-2-8-17-16(7-1)22-28(23-17)13-29(24-18-9-3-4-10-19(18)25-29)15-30(14-28)26-20-11-5-6-12-21(20)27-30/h1-15H. The number of para-hydroxylation sites is 6. The third-order valence-corrected chi connectivity index (χ3v) is 15.6. The summed E-state index contributed by atoms with van der Waals surface area (Å²) in [6.07, 6.45) is 0. The van der Waals surface area contributed by atoms with E-state index in [2.05, 4.69) is 0 Å². The minimum atomic E-state index is -2.69. The lowest BCUT2D eigenvalue weighted by Gasteiger charge is -2.29. The Morgan fingerprint density at radius 1 is 0.333 bits per heavy atom. The van der Waals surface area contributed by atoms with Crippen molar-refractivity contribution in [2.24, 2.45) is 0 Å². The average Bonchev–Trinajstić information content (AvgIpc) is 3.36. The lowest BCUT2D eigenvalue weighted by Crippen LogP contribution is -2.13. The summed E-state index contributed by atoms with van der Waals surface area (Å²) < 4.78 is 38.4. The molecule has 3 aromatic rings. The SMILES string of the molecule is C1=P2(C=P3(C=P14Oc1ccccc1O4)Oc1ccccc1O3)Oc1ccccc1O2. The van der Waals surface area contributed by atoms with Crippen LogP contribution in [0.25, 0.3) is 0 Å². The molecule has 4 aliphatic rings. The van der Waals surface area contributed by atoms with Crippen molar-refractivity contribution >= 4 is 38.6 Å². The summed E-state index contributed by atoms with van der Waals surface area (Å²) in [5, 5.41) is 0. The molecule has 0 atom stereocenters. The fraction of sp³-hybridized carbons (Fsp3) is 0. The highest BCUT2D eigenvalue weighted by Gasteiger charge is 2.48. The molecule has 4 aliphatic heterocycles. The Balaban J connectivity index is 1.45. The van der Waals surface area contributed by atoms with Gasteiger partial charge in [0.1, 0.15) is 0 Å². The number of fused-ring (bicyclic) bond motifs is 3. The molecule has 0 fully saturated rings. The van der Waals surface area contributed by atoms with Crippen molar-refractivity contribution in [3.63, 3.8) is 0 Å². The molecule has 0 saturated carbocycles. The quantitative estimate of drug-likeness (QED) is 0.374. The number of rotatable bonds is 0. The van der Waals surface area contributed by atoms with E-state index in [0.717, 1.165) is 0 Å². The Bertz CT molecular complexity index is 1140. The van der Waals surface area contributed by atoms with Gasteiger partial charge in [0.15, 0.2) is 34.5 Å². The molecule has 0 N–H and O–H groups in total.